The Balaban J connectivity index is 2.22. The molecule has 0 aromatic heterocycles. The fourth-order valence-electron chi connectivity index (χ4n) is 1.04. The smallest absolute Gasteiger partial charge is 0.0571 e. The maximum Gasteiger partial charge on any atom is 0.0571 e. The third-order valence-corrected chi connectivity index (χ3v) is 1.56. The average Bonchev–Trinajstić information content (AvgIpc) is 2.14. The van der Waals surface area contributed by atoms with E-state index in [9.17, 15) is 0 Å². The Bertz CT molecular complexity index is 72.9. The molecule has 1 heterocycles. The van der Waals surface area contributed by atoms with Crippen molar-refractivity contribution >= 4 is 0 Å². The maximum atomic E-state index is 3.39. The molecule has 0 aliphatic carbocycles. The van der Waals surface area contributed by atoms with Crippen LogP contribution in [0.1, 0.15) is 20.3 Å². The normalized spacial score (nSPS) is 38.2. The molecule has 2 nitrogen and oxygen atoms in total. The lowest BCUT2D eigenvalue weighted by Gasteiger charge is -2.06. The van der Waals surface area contributed by atoms with E-state index in [1.165, 1.54) is 6.42 Å². The highest BCUT2D eigenvalue weighted by Gasteiger charge is 2.15. The lowest BCUT2D eigenvalue weighted by molar-refractivity contribution is 0.517. The van der Waals surface area contributed by atoms with Crippen LogP contribution in [0.2, 0.25) is 0 Å². The minimum Gasteiger partial charge on any atom is -0.300 e. The topological polar surface area (TPSA) is 24.1 Å². The SMILES string of the molecule is CC[C@@H]1NC[C@H](C)N1. The second-order valence-electron chi connectivity index (χ2n) is 2.44. The molecule has 0 aromatic carbocycles. The first-order valence-corrected chi connectivity index (χ1v) is 3.32. The van der Waals surface area contributed by atoms with Crippen molar-refractivity contribution in [3.8, 4) is 0 Å². The molecule has 1 rings (SSSR count). The van der Waals surface area contributed by atoms with E-state index in [-0.39, 0.29) is 0 Å². The van der Waals surface area contributed by atoms with Crippen LogP contribution in [0.25, 0.3) is 0 Å². The Morgan fingerprint density at radius 2 is 2.38 bits per heavy atom. The van der Waals surface area contributed by atoms with Gasteiger partial charge in [-0.25, -0.2) is 0 Å². The molecule has 8 heavy (non-hydrogen) atoms. The molecule has 0 unspecified atom stereocenters. The molecule has 0 bridgehead atoms. The van der Waals surface area contributed by atoms with Crippen molar-refractivity contribution in [2.45, 2.75) is 32.5 Å². The van der Waals surface area contributed by atoms with Gasteiger partial charge in [0, 0.05) is 12.6 Å². The van der Waals surface area contributed by atoms with Crippen molar-refractivity contribution in [2.24, 2.45) is 0 Å². The molecule has 2 heteroatoms. The van der Waals surface area contributed by atoms with E-state index in [4.69, 9.17) is 0 Å². The predicted molar refractivity (Wildman–Crippen MR) is 34.7 cm³/mol. The summed E-state index contributed by atoms with van der Waals surface area (Å²) in [5.41, 5.74) is 0. The summed E-state index contributed by atoms with van der Waals surface area (Å²) < 4.78 is 0. The first kappa shape index (κ1) is 6.05. The number of rotatable bonds is 1. The maximum absolute atomic E-state index is 3.39. The van der Waals surface area contributed by atoms with E-state index in [0.717, 1.165) is 6.54 Å². The van der Waals surface area contributed by atoms with Gasteiger partial charge in [0.05, 0.1) is 6.17 Å². The molecule has 1 saturated heterocycles. The molecular formula is C6H14N2. The first-order chi connectivity index (χ1) is 3.83. The van der Waals surface area contributed by atoms with E-state index in [1.54, 1.807) is 0 Å². The lowest BCUT2D eigenvalue weighted by Crippen LogP contribution is -2.31. The summed E-state index contributed by atoms with van der Waals surface area (Å²) in [6.07, 6.45) is 1.76. The van der Waals surface area contributed by atoms with Crippen molar-refractivity contribution < 1.29 is 0 Å². The highest BCUT2D eigenvalue weighted by molar-refractivity contribution is 4.78. The number of hydrogen-bond acceptors (Lipinski definition) is 2. The predicted octanol–water partition coefficient (Wildman–Crippen LogP) is 0.304. The van der Waals surface area contributed by atoms with Crippen LogP contribution in [0, 0.1) is 0 Å². The van der Waals surface area contributed by atoms with Gasteiger partial charge in [0.15, 0.2) is 0 Å². The van der Waals surface area contributed by atoms with Crippen LogP contribution >= 0.6 is 0 Å². The number of nitrogens with one attached hydrogen (secondary N) is 2. The minimum absolute atomic E-state index is 0.574. The third kappa shape index (κ3) is 1.20. The molecule has 0 aromatic rings. The van der Waals surface area contributed by atoms with Gasteiger partial charge in [-0.1, -0.05) is 6.92 Å². The highest BCUT2D eigenvalue weighted by Crippen LogP contribution is 1.95. The monoisotopic (exact) mass is 114 g/mol. The van der Waals surface area contributed by atoms with Crippen LogP contribution in [0.3, 0.4) is 0 Å². The van der Waals surface area contributed by atoms with Crippen molar-refractivity contribution in [2.75, 3.05) is 6.54 Å². The Morgan fingerprint density at radius 1 is 1.62 bits per heavy atom. The highest BCUT2D eigenvalue weighted by atomic mass is 15.2. The molecule has 0 amide bonds. The van der Waals surface area contributed by atoms with E-state index in [1.807, 2.05) is 0 Å². The van der Waals surface area contributed by atoms with Crippen molar-refractivity contribution in [1.29, 1.82) is 0 Å². The molecule has 0 radical (unpaired) electrons. The Morgan fingerprint density at radius 3 is 2.62 bits per heavy atom. The van der Waals surface area contributed by atoms with Crippen LogP contribution in [-0.2, 0) is 0 Å². The summed E-state index contributed by atoms with van der Waals surface area (Å²) in [6.45, 7) is 5.50. The van der Waals surface area contributed by atoms with Crippen LogP contribution in [0.4, 0.5) is 0 Å². The van der Waals surface area contributed by atoms with Gasteiger partial charge in [0.2, 0.25) is 0 Å². The molecule has 48 valence electrons. The van der Waals surface area contributed by atoms with Gasteiger partial charge in [0.25, 0.3) is 0 Å². The third-order valence-electron chi connectivity index (χ3n) is 1.56. The van der Waals surface area contributed by atoms with E-state index in [2.05, 4.69) is 24.5 Å². The van der Waals surface area contributed by atoms with Crippen LogP contribution in [0.5, 0.6) is 0 Å². The van der Waals surface area contributed by atoms with Gasteiger partial charge >= 0.3 is 0 Å². The second kappa shape index (κ2) is 2.46. The van der Waals surface area contributed by atoms with E-state index in [0.29, 0.717) is 12.2 Å². The van der Waals surface area contributed by atoms with Crippen LogP contribution < -0.4 is 10.6 Å². The van der Waals surface area contributed by atoms with Gasteiger partial charge in [-0.2, -0.15) is 0 Å². The van der Waals surface area contributed by atoms with Crippen LogP contribution in [-0.4, -0.2) is 18.8 Å². The minimum atomic E-state index is 0.574. The van der Waals surface area contributed by atoms with Gasteiger partial charge in [-0.15, -0.1) is 0 Å². The van der Waals surface area contributed by atoms with Gasteiger partial charge < -0.3 is 5.32 Å². The molecule has 2 N–H and O–H groups in total. The lowest BCUT2D eigenvalue weighted by atomic mass is 10.4. The molecule has 2 atom stereocenters. The summed E-state index contributed by atoms with van der Waals surface area (Å²) in [5.74, 6) is 0. The summed E-state index contributed by atoms with van der Waals surface area (Å²) in [7, 11) is 0. The van der Waals surface area contributed by atoms with Gasteiger partial charge in [-0.05, 0) is 13.3 Å². The van der Waals surface area contributed by atoms with Gasteiger partial charge in [0.1, 0.15) is 0 Å². The standard InChI is InChI=1S/C6H14N2/c1-3-6-7-4-5(2)8-6/h5-8H,3-4H2,1-2H3/t5-,6+/m0/s1. The summed E-state index contributed by atoms with van der Waals surface area (Å²) >= 11 is 0. The zero-order valence-corrected chi connectivity index (χ0v) is 5.57. The zero-order chi connectivity index (χ0) is 5.98. The van der Waals surface area contributed by atoms with Gasteiger partial charge in [-0.3, -0.25) is 5.32 Å². The molecular weight excluding hydrogens is 100 g/mol. The van der Waals surface area contributed by atoms with Crippen molar-refractivity contribution in [1.82, 2.24) is 10.6 Å². The largest absolute Gasteiger partial charge is 0.300 e. The Hall–Kier alpha value is -0.0800. The summed E-state index contributed by atoms with van der Waals surface area (Å²) in [4.78, 5) is 0. The zero-order valence-electron chi connectivity index (χ0n) is 5.57. The molecule has 1 aliphatic rings. The summed E-state index contributed by atoms with van der Waals surface area (Å²) in [6, 6.07) is 0.667. The molecule has 1 fully saturated rings. The average molecular weight is 114 g/mol. The molecule has 0 spiro atoms. The fraction of sp³-hybridized carbons (Fsp3) is 1.00. The fourth-order valence-corrected chi connectivity index (χ4v) is 1.04. The van der Waals surface area contributed by atoms with Crippen molar-refractivity contribution in [3.05, 3.63) is 0 Å². The number of hydrogen-bond donors (Lipinski definition) is 2. The molecule has 0 saturated carbocycles. The van der Waals surface area contributed by atoms with Crippen molar-refractivity contribution in [3.63, 3.8) is 0 Å². The molecule has 1 aliphatic heterocycles. The van der Waals surface area contributed by atoms with E-state index < -0.39 is 0 Å². The summed E-state index contributed by atoms with van der Waals surface area (Å²) in [5, 5.41) is 6.74. The Labute approximate surface area is 50.7 Å². The quantitative estimate of drug-likeness (QED) is 0.512. The Kier molecular flexibility index (Phi) is 1.86. The van der Waals surface area contributed by atoms with Crippen LogP contribution in [0.15, 0.2) is 0 Å². The van der Waals surface area contributed by atoms with E-state index >= 15 is 0 Å². The second-order valence-corrected chi connectivity index (χ2v) is 2.44. The first-order valence-electron chi connectivity index (χ1n) is 3.32.